The Labute approximate surface area is 171 Å². The third-order valence-electron chi connectivity index (χ3n) is 4.36. The lowest BCUT2D eigenvalue weighted by Crippen LogP contribution is -2.15. The summed E-state index contributed by atoms with van der Waals surface area (Å²) in [4.78, 5) is 22.1. The molecule has 0 aliphatic heterocycles. The maximum atomic E-state index is 13.3. The lowest BCUT2D eigenvalue weighted by Gasteiger charge is -2.01. The number of aromatic nitrogens is 3. The van der Waals surface area contributed by atoms with Crippen LogP contribution in [0.15, 0.2) is 54.0 Å². The van der Waals surface area contributed by atoms with Crippen molar-refractivity contribution in [2.45, 2.75) is 6.42 Å². The maximum absolute atomic E-state index is 13.3. The van der Waals surface area contributed by atoms with Gasteiger partial charge in [0.1, 0.15) is 11.6 Å². The van der Waals surface area contributed by atoms with Gasteiger partial charge in [0, 0.05) is 22.8 Å². The van der Waals surface area contributed by atoms with E-state index in [2.05, 4.69) is 15.3 Å². The van der Waals surface area contributed by atoms with Gasteiger partial charge >= 0.3 is 0 Å². The molecule has 3 heterocycles. The van der Waals surface area contributed by atoms with Crippen LogP contribution < -0.4 is 5.32 Å². The minimum atomic E-state index is -0.336. The summed E-state index contributed by atoms with van der Waals surface area (Å²) in [7, 11) is 0. The molecule has 0 spiro atoms. The predicted molar refractivity (Wildman–Crippen MR) is 110 cm³/mol. The van der Waals surface area contributed by atoms with Gasteiger partial charge in [-0.1, -0.05) is 11.3 Å². The van der Waals surface area contributed by atoms with Crippen LogP contribution in [0.4, 0.5) is 13.9 Å². The molecule has 0 aliphatic carbocycles. The molecule has 5 aromatic rings. The fourth-order valence-corrected chi connectivity index (χ4v) is 4.78. The molecule has 0 fully saturated rings. The van der Waals surface area contributed by atoms with Gasteiger partial charge in [-0.3, -0.25) is 9.20 Å². The van der Waals surface area contributed by atoms with E-state index in [1.807, 2.05) is 16.0 Å². The van der Waals surface area contributed by atoms with Crippen molar-refractivity contribution in [3.05, 3.63) is 71.4 Å². The first-order valence-corrected chi connectivity index (χ1v) is 10.3. The van der Waals surface area contributed by atoms with Crippen molar-refractivity contribution < 1.29 is 13.6 Å². The first-order chi connectivity index (χ1) is 14.0. The van der Waals surface area contributed by atoms with Gasteiger partial charge in [-0.15, -0.1) is 11.3 Å². The number of hydrogen-bond acceptors (Lipinski definition) is 5. The van der Waals surface area contributed by atoms with Crippen LogP contribution in [0.3, 0.4) is 0 Å². The van der Waals surface area contributed by atoms with Gasteiger partial charge in [0.2, 0.25) is 5.91 Å². The molecule has 5 rings (SSSR count). The average Bonchev–Trinajstić information content (AvgIpc) is 3.37. The second kappa shape index (κ2) is 7.02. The third kappa shape index (κ3) is 3.50. The van der Waals surface area contributed by atoms with Gasteiger partial charge in [-0.2, -0.15) is 0 Å². The van der Waals surface area contributed by atoms with E-state index in [9.17, 15) is 13.6 Å². The van der Waals surface area contributed by atoms with Crippen LogP contribution >= 0.6 is 22.7 Å². The zero-order valence-corrected chi connectivity index (χ0v) is 16.4. The number of halogens is 2. The molecule has 29 heavy (non-hydrogen) atoms. The Kier molecular flexibility index (Phi) is 4.33. The molecular formula is C20H12F2N4OS2. The van der Waals surface area contributed by atoms with E-state index >= 15 is 0 Å². The van der Waals surface area contributed by atoms with E-state index in [1.54, 1.807) is 18.2 Å². The zero-order valence-electron chi connectivity index (χ0n) is 14.7. The highest BCUT2D eigenvalue weighted by atomic mass is 32.1. The number of fused-ring (bicyclic) bond motifs is 2. The average molecular weight is 426 g/mol. The van der Waals surface area contributed by atoms with E-state index in [1.165, 1.54) is 46.9 Å². The number of nitrogens with zero attached hydrogens (tertiary/aromatic N) is 3. The largest absolute Gasteiger partial charge is 0.302 e. The highest BCUT2D eigenvalue weighted by molar-refractivity contribution is 7.22. The number of anilines is 1. The first kappa shape index (κ1) is 17.9. The third-order valence-corrected chi connectivity index (χ3v) is 6.18. The topological polar surface area (TPSA) is 59.3 Å². The van der Waals surface area contributed by atoms with Crippen molar-refractivity contribution in [1.29, 1.82) is 0 Å². The predicted octanol–water partition coefficient (Wildman–Crippen LogP) is 5.13. The molecule has 0 saturated carbocycles. The van der Waals surface area contributed by atoms with Crippen molar-refractivity contribution >= 4 is 48.9 Å². The van der Waals surface area contributed by atoms with Gasteiger partial charge in [0.05, 0.1) is 22.3 Å². The lowest BCUT2D eigenvalue weighted by atomic mass is 10.2. The number of rotatable bonds is 4. The summed E-state index contributed by atoms with van der Waals surface area (Å²) < 4.78 is 29.0. The van der Waals surface area contributed by atoms with E-state index in [-0.39, 0.29) is 24.0 Å². The first-order valence-electron chi connectivity index (χ1n) is 8.62. The molecule has 0 aliphatic rings. The molecule has 9 heteroatoms. The molecule has 0 bridgehead atoms. The van der Waals surface area contributed by atoms with Crippen LogP contribution in [-0.4, -0.2) is 20.3 Å². The Bertz CT molecular complexity index is 1350. The fourth-order valence-electron chi connectivity index (χ4n) is 3.00. The molecule has 0 radical (unpaired) electrons. The number of carbonyl (C=O) groups is 1. The molecule has 0 saturated heterocycles. The van der Waals surface area contributed by atoms with Crippen LogP contribution in [0.1, 0.15) is 5.69 Å². The second-order valence-corrected chi connectivity index (χ2v) is 8.24. The van der Waals surface area contributed by atoms with Crippen LogP contribution in [0.5, 0.6) is 0 Å². The minimum Gasteiger partial charge on any atom is -0.302 e. The second-order valence-electron chi connectivity index (χ2n) is 6.37. The Hall–Kier alpha value is -3.17. The zero-order chi connectivity index (χ0) is 20.0. The smallest absolute Gasteiger partial charge is 0.232 e. The molecule has 1 amide bonds. The van der Waals surface area contributed by atoms with E-state index < -0.39 is 0 Å². The SMILES string of the molecule is O=C(Cc1csc2nc(-c3ccc(F)cc3)cn12)Nc1nc2ccc(F)cc2s1. The number of amides is 1. The minimum absolute atomic E-state index is 0.142. The number of hydrogen-bond donors (Lipinski definition) is 1. The Balaban J connectivity index is 1.36. The normalized spacial score (nSPS) is 11.4. The summed E-state index contributed by atoms with van der Waals surface area (Å²) in [5.74, 6) is -0.859. The molecule has 5 nitrogen and oxygen atoms in total. The summed E-state index contributed by atoms with van der Waals surface area (Å²) in [5, 5.41) is 5.08. The van der Waals surface area contributed by atoms with Crippen LogP contribution in [0, 0.1) is 11.6 Å². The molecule has 2 aromatic carbocycles. The van der Waals surface area contributed by atoms with Crippen molar-refractivity contribution in [1.82, 2.24) is 14.4 Å². The molecule has 0 unspecified atom stereocenters. The van der Waals surface area contributed by atoms with E-state index in [0.717, 1.165) is 16.2 Å². The van der Waals surface area contributed by atoms with Gasteiger partial charge in [0.25, 0.3) is 0 Å². The van der Waals surface area contributed by atoms with Crippen LogP contribution in [0.25, 0.3) is 26.4 Å². The van der Waals surface area contributed by atoms with Gasteiger partial charge < -0.3 is 5.32 Å². The Morgan fingerprint density at radius 1 is 1.07 bits per heavy atom. The highest BCUT2D eigenvalue weighted by Gasteiger charge is 2.14. The van der Waals surface area contributed by atoms with E-state index in [4.69, 9.17) is 0 Å². The summed E-state index contributed by atoms with van der Waals surface area (Å²) in [5.41, 5.74) is 2.95. The molecule has 3 aromatic heterocycles. The highest BCUT2D eigenvalue weighted by Crippen LogP contribution is 2.27. The summed E-state index contributed by atoms with van der Waals surface area (Å²) >= 11 is 2.66. The standard InChI is InChI=1S/C20H12F2N4OS2/c21-12-3-1-11(2-4-12)16-9-26-14(10-28-20(26)24-16)8-18(27)25-19-23-15-6-5-13(22)7-17(15)29-19/h1-7,9-10H,8H2,(H,23,25,27). The van der Waals surface area contributed by atoms with Crippen molar-refractivity contribution in [3.8, 4) is 11.3 Å². The number of thiazole rings is 2. The molecular weight excluding hydrogens is 414 g/mol. The lowest BCUT2D eigenvalue weighted by molar-refractivity contribution is -0.115. The summed E-state index contributed by atoms with van der Waals surface area (Å²) in [6.45, 7) is 0. The maximum Gasteiger partial charge on any atom is 0.232 e. The molecule has 144 valence electrons. The van der Waals surface area contributed by atoms with Crippen LogP contribution in [0.2, 0.25) is 0 Å². The van der Waals surface area contributed by atoms with Crippen molar-refractivity contribution in [2.75, 3.05) is 5.32 Å². The van der Waals surface area contributed by atoms with Crippen LogP contribution in [-0.2, 0) is 11.2 Å². The summed E-state index contributed by atoms with van der Waals surface area (Å²) in [6, 6.07) is 10.4. The van der Waals surface area contributed by atoms with Gasteiger partial charge in [-0.05, 0) is 42.5 Å². The monoisotopic (exact) mass is 426 g/mol. The number of benzene rings is 2. The number of imidazole rings is 1. The Morgan fingerprint density at radius 2 is 1.86 bits per heavy atom. The Morgan fingerprint density at radius 3 is 2.69 bits per heavy atom. The fraction of sp³-hybridized carbons (Fsp3) is 0.0500. The van der Waals surface area contributed by atoms with Gasteiger partial charge in [0.15, 0.2) is 10.1 Å². The molecule has 0 atom stereocenters. The quantitative estimate of drug-likeness (QED) is 0.433. The molecule has 1 N–H and O–H groups in total. The summed E-state index contributed by atoms with van der Waals surface area (Å²) in [6.07, 6.45) is 1.98. The number of carbonyl (C=O) groups excluding carboxylic acids is 1. The number of nitrogens with one attached hydrogen (secondary N) is 1. The van der Waals surface area contributed by atoms with Gasteiger partial charge in [-0.25, -0.2) is 18.7 Å². The van der Waals surface area contributed by atoms with E-state index in [0.29, 0.717) is 21.0 Å². The van der Waals surface area contributed by atoms with Crippen molar-refractivity contribution in [2.24, 2.45) is 0 Å². The van der Waals surface area contributed by atoms with Crippen molar-refractivity contribution in [3.63, 3.8) is 0 Å².